The van der Waals surface area contributed by atoms with Gasteiger partial charge in [0.25, 0.3) is 0 Å². The first-order valence-electron chi connectivity index (χ1n) is 8.36. The number of rotatable bonds is 2. The highest BCUT2D eigenvalue weighted by molar-refractivity contribution is 5.96. The molecule has 3 aromatic carbocycles. The van der Waals surface area contributed by atoms with Gasteiger partial charge in [0.2, 0.25) is 0 Å². The van der Waals surface area contributed by atoms with Crippen molar-refractivity contribution in [2.45, 2.75) is 13.0 Å². The molecule has 5 heteroatoms. The molecule has 2 nitrogen and oxygen atoms in total. The summed E-state index contributed by atoms with van der Waals surface area (Å²) in [4.78, 5) is 0. The smallest absolute Gasteiger partial charge is 0.150 e. The average molecular weight is 368 g/mol. The molecule has 136 valence electrons. The van der Waals surface area contributed by atoms with Crippen molar-refractivity contribution in [3.05, 3.63) is 94.8 Å². The standard InChI is InChI=1S/C22H15F3O2/c1-12-16-11-15(26)7-8-19(16)27-22(13-5-3-2-4-6-13)20(12)21-17(24)9-14(23)10-18(21)25/h2-11,22,26H,1H3. The lowest BCUT2D eigenvalue weighted by molar-refractivity contribution is 0.258. The lowest BCUT2D eigenvalue weighted by Gasteiger charge is -2.31. The SMILES string of the molecule is CC1=C(c2c(F)cc(F)cc2F)C(c2ccccc2)Oc2ccc(O)cc21. The number of benzene rings is 3. The molecule has 1 aliphatic rings. The average Bonchev–Trinajstić information content (AvgIpc) is 2.64. The number of aromatic hydroxyl groups is 1. The van der Waals surface area contributed by atoms with Gasteiger partial charge in [0.05, 0.1) is 5.56 Å². The largest absolute Gasteiger partial charge is 0.508 e. The summed E-state index contributed by atoms with van der Waals surface area (Å²) in [5.41, 5.74) is 1.70. The number of phenolic OH excluding ortho intramolecular Hbond substituents is 1. The third-order valence-electron chi connectivity index (χ3n) is 4.66. The Kier molecular flexibility index (Phi) is 4.15. The van der Waals surface area contributed by atoms with E-state index in [0.717, 1.165) is 0 Å². The topological polar surface area (TPSA) is 29.5 Å². The molecule has 27 heavy (non-hydrogen) atoms. The minimum Gasteiger partial charge on any atom is -0.508 e. The molecular weight excluding hydrogens is 353 g/mol. The van der Waals surface area contributed by atoms with Gasteiger partial charge in [-0.05, 0) is 36.3 Å². The van der Waals surface area contributed by atoms with E-state index in [2.05, 4.69) is 0 Å². The first kappa shape index (κ1) is 17.2. The lowest BCUT2D eigenvalue weighted by Crippen LogP contribution is -2.18. The molecule has 1 N–H and O–H groups in total. The van der Waals surface area contributed by atoms with E-state index in [-0.39, 0.29) is 16.9 Å². The zero-order valence-corrected chi connectivity index (χ0v) is 14.3. The predicted molar refractivity (Wildman–Crippen MR) is 96.7 cm³/mol. The fourth-order valence-electron chi connectivity index (χ4n) is 3.42. The zero-order chi connectivity index (χ0) is 19.1. The van der Waals surface area contributed by atoms with Crippen LogP contribution in [0.1, 0.15) is 29.7 Å². The lowest BCUT2D eigenvalue weighted by atomic mass is 9.85. The molecule has 3 aromatic rings. The predicted octanol–water partition coefficient (Wildman–Crippen LogP) is 5.87. The fourth-order valence-corrected chi connectivity index (χ4v) is 3.42. The van der Waals surface area contributed by atoms with E-state index in [1.54, 1.807) is 37.3 Å². The third-order valence-corrected chi connectivity index (χ3v) is 4.66. The molecule has 1 atom stereocenters. The van der Waals surface area contributed by atoms with E-state index in [1.165, 1.54) is 12.1 Å². The second-order valence-corrected chi connectivity index (χ2v) is 6.37. The number of hydrogen-bond acceptors (Lipinski definition) is 2. The van der Waals surface area contributed by atoms with Gasteiger partial charge < -0.3 is 9.84 Å². The van der Waals surface area contributed by atoms with Gasteiger partial charge in [-0.3, -0.25) is 0 Å². The van der Waals surface area contributed by atoms with Crippen LogP contribution in [0.5, 0.6) is 11.5 Å². The van der Waals surface area contributed by atoms with Gasteiger partial charge >= 0.3 is 0 Å². The number of halogens is 3. The van der Waals surface area contributed by atoms with Gasteiger partial charge in [-0.25, -0.2) is 13.2 Å². The molecule has 0 fully saturated rings. The van der Waals surface area contributed by atoms with Crippen LogP contribution in [0, 0.1) is 17.5 Å². The summed E-state index contributed by atoms with van der Waals surface area (Å²) in [6, 6.07) is 14.9. The molecule has 0 saturated carbocycles. The van der Waals surface area contributed by atoms with Crippen molar-refractivity contribution >= 4 is 11.1 Å². The number of fused-ring (bicyclic) bond motifs is 1. The van der Waals surface area contributed by atoms with Crippen LogP contribution in [0.25, 0.3) is 11.1 Å². The molecule has 0 bridgehead atoms. The highest BCUT2D eigenvalue weighted by Gasteiger charge is 2.32. The molecule has 0 spiro atoms. The Balaban J connectivity index is 2.02. The van der Waals surface area contributed by atoms with Gasteiger partial charge in [0.1, 0.15) is 35.1 Å². The summed E-state index contributed by atoms with van der Waals surface area (Å²) in [5.74, 6) is -2.50. The minimum atomic E-state index is -1.00. The molecule has 1 unspecified atom stereocenters. The number of ether oxygens (including phenoxy) is 1. The van der Waals surface area contributed by atoms with Crippen molar-refractivity contribution in [3.8, 4) is 11.5 Å². The zero-order valence-electron chi connectivity index (χ0n) is 14.3. The maximum absolute atomic E-state index is 14.6. The Morgan fingerprint density at radius 2 is 1.56 bits per heavy atom. The Morgan fingerprint density at radius 3 is 2.22 bits per heavy atom. The molecule has 1 heterocycles. The Bertz CT molecular complexity index is 1040. The van der Waals surface area contributed by atoms with Crippen LogP contribution in [0.15, 0.2) is 60.7 Å². The van der Waals surface area contributed by atoms with Crippen molar-refractivity contribution < 1.29 is 23.0 Å². The Hall–Kier alpha value is -3.21. The Labute approximate surface area is 154 Å². The molecule has 0 radical (unpaired) electrons. The quantitative estimate of drug-likeness (QED) is 0.613. The van der Waals surface area contributed by atoms with Crippen LogP contribution in [0.4, 0.5) is 13.2 Å². The van der Waals surface area contributed by atoms with Gasteiger partial charge in [0.15, 0.2) is 0 Å². The molecule has 0 aliphatic carbocycles. The molecule has 1 aliphatic heterocycles. The summed E-state index contributed by atoms with van der Waals surface area (Å²) in [6.45, 7) is 1.70. The summed E-state index contributed by atoms with van der Waals surface area (Å²) in [5, 5.41) is 9.82. The van der Waals surface area contributed by atoms with Crippen molar-refractivity contribution in [2.75, 3.05) is 0 Å². The second-order valence-electron chi connectivity index (χ2n) is 6.37. The fraction of sp³-hybridized carbons (Fsp3) is 0.0909. The second kappa shape index (κ2) is 6.50. The first-order chi connectivity index (χ1) is 13.0. The van der Waals surface area contributed by atoms with E-state index in [0.29, 0.717) is 34.6 Å². The Morgan fingerprint density at radius 1 is 0.889 bits per heavy atom. The molecule has 0 aromatic heterocycles. The molecular formula is C22H15F3O2. The van der Waals surface area contributed by atoms with E-state index in [4.69, 9.17) is 4.74 Å². The third kappa shape index (κ3) is 2.95. The molecule has 4 rings (SSSR count). The number of phenols is 1. The van der Waals surface area contributed by atoms with Crippen LogP contribution in [-0.2, 0) is 0 Å². The van der Waals surface area contributed by atoms with E-state index in [1.807, 2.05) is 6.07 Å². The maximum atomic E-state index is 14.6. The van der Waals surface area contributed by atoms with Crippen molar-refractivity contribution in [1.29, 1.82) is 0 Å². The summed E-state index contributed by atoms with van der Waals surface area (Å²) in [7, 11) is 0. The van der Waals surface area contributed by atoms with Gasteiger partial charge in [0, 0.05) is 23.3 Å². The highest BCUT2D eigenvalue weighted by Crippen LogP contribution is 2.48. The molecule has 0 saturated heterocycles. The summed E-state index contributed by atoms with van der Waals surface area (Å²) in [6.07, 6.45) is -0.780. The van der Waals surface area contributed by atoms with Crippen LogP contribution < -0.4 is 4.74 Å². The molecule has 0 amide bonds. The van der Waals surface area contributed by atoms with Gasteiger partial charge in [-0.15, -0.1) is 0 Å². The van der Waals surface area contributed by atoms with Gasteiger partial charge in [-0.1, -0.05) is 30.3 Å². The van der Waals surface area contributed by atoms with Crippen LogP contribution >= 0.6 is 0 Å². The number of hydrogen-bond donors (Lipinski definition) is 1. The van der Waals surface area contributed by atoms with E-state index in [9.17, 15) is 18.3 Å². The summed E-state index contributed by atoms with van der Waals surface area (Å²) < 4.78 is 48.7. The number of allylic oxidation sites excluding steroid dienone is 1. The van der Waals surface area contributed by atoms with Crippen LogP contribution in [-0.4, -0.2) is 5.11 Å². The monoisotopic (exact) mass is 368 g/mol. The minimum absolute atomic E-state index is 0.00858. The van der Waals surface area contributed by atoms with Crippen LogP contribution in [0.3, 0.4) is 0 Å². The van der Waals surface area contributed by atoms with E-state index < -0.39 is 23.6 Å². The highest BCUT2D eigenvalue weighted by atomic mass is 19.1. The van der Waals surface area contributed by atoms with Crippen molar-refractivity contribution in [1.82, 2.24) is 0 Å². The van der Waals surface area contributed by atoms with Gasteiger partial charge in [-0.2, -0.15) is 0 Å². The van der Waals surface area contributed by atoms with E-state index >= 15 is 0 Å². The van der Waals surface area contributed by atoms with Crippen LogP contribution in [0.2, 0.25) is 0 Å². The maximum Gasteiger partial charge on any atom is 0.150 e. The summed E-state index contributed by atoms with van der Waals surface area (Å²) >= 11 is 0. The first-order valence-corrected chi connectivity index (χ1v) is 8.36. The van der Waals surface area contributed by atoms with Crippen molar-refractivity contribution in [2.24, 2.45) is 0 Å². The normalized spacial score (nSPS) is 16.1. The van der Waals surface area contributed by atoms with Crippen molar-refractivity contribution in [3.63, 3.8) is 0 Å².